The first-order valence-electron chi connectivity index (χ1n) is 5.53. The summed E-state index contributed by atoms with van der Waals surface area (Å²) in [5, 5.41) is 0. The Morgan fingerprint density at radius 3 is 2.40 bits per heavy atom. The van der Waals surface area contributed by atoms with E-state index in [0.717, 1.165) is 13.0 Å². The summed E-state index contributed by atoms with van der Waals surface area (Å²) in [6, 6.07) is 10.7. The molecule has 1 rings (SSSR count). The monoisotopic (exact) mass is 223 g/mol. The second-order valence-corrected chi connectivity index (χ2v) is 4.93. The Morgan fingerprint density at radius 1 is 1.27 bits per heavy atom. The highest BCUT2D eigenvalue weighted by Crippen LogP contribution is 2.31. The van der Waals surface area contributed by atoms with Gasteiger partial charge in [-0.25, -0.2) is 0 Å². The molecule has 0 amide bonds. The lowest BCUT2D eigenvalue weighted by Crippen LogP contribution is -2.35. The molecule has 2 heteroatoms. The Bertz CT molecular complexity index is 267. The number of rotatable bonds is 6. The van der Waals surface area contributed by atoms with Crippen LogP contribution in [0.5, 0.6) is 0 Å². The van der Waals surface area contributed by atoms with Gasteiger partial charge in [-0.05, 0) is 30.4 Å². The number of benzene rings is 1. The average molecular weight is 223 g/mol. The summed E-state index contributed by atoms with van der Waals surface area (Å²) in [6.45, 7) is 2.98. The summed E-state index contributed by atoms with van der Waals surface area (Å²) in [7, 11) is 0. The Balaban J connectivity index is 2.89. The van der Waals surface area contributed by atoms with Gasteiger partial charge in [-0.15, -0.1) is 0 Å². The molecule has 84 valence electrons. The van der Waals surface area contributed by atoms with Gasteiger partial charge in [-0.3, -0.25) is 0 Å². The fourth-order valence-corrected chi connectivity index (χ4v) is 2.57. The maximum atomic E-state index is 5.98. The maximum absolute atomic E-state index is 5.98. The molecule has 0 saturated carbocycles. The van der Waals surface area contributed by atoms with Crippen molar-refractivity contribution >= 4 is 11.8 Å². The van der Waals surface area contributed by atoms with Crippen LogP contribution in [0.3, 0.4) is 0 Å². The lowest BCUT2D eigenvalue weighted by molar-refractivity contribution is 0.410. The summed E-state index contributed by atoms with van der Waals surface area (Å²) in [4.78, 5) is 0. The number of nitrogens with two attached hydrogens (primary N) is 1. The lowest BCUT2D eigenvalue weighted by Gasteiger charge is -2.32. The van der Waals surface area contributed by atoms with Crippen molar-refractivity contribution in [1.82, 2.24) is 0 Å². The van der Waals surface area contributed by atoms with Gasteiger partial charge in [0.05, 0.1) is 0 Å². The van der Waals surface area contributed by atoms with Crippen LogP contribution in [0.15, 0.2) is 30.3 Å². The van der Waals surface area contributed by atoms with Crippen LogP contribution < -0.4 is 5.73 Å². The fourth-order valence-electron chi connectivity index (χ4n) is 1.98. The Labute approximate surface area is 97.4 Å². The molecule has 15 heavy (non-hydrogen) atoms. The van der Waals surface area contributed by atoms with E-state index in [1.807, 2.05) is 11.8 Å². The van der Waals surface area contributed by atoms with Crippen LogP contribution >= 0.6 is 11.8 Å². The second-order valence-electron chi connectivity index (χ2n) is 3.95. The maximum Gasteiger partial charge on any atom is 0.00807 e. The molecule has 0 heterocycles. The van der Waals surface area contributed by atoms with E-state index in [-0.39, 0.29) is 5.41 Å². The standard InChI is InChI=1S/C13H21NS/c1-3-13(11-14,9-10-15-2)12-7-5-4-6-8-12/h4-8H,3,9-11,14H2,1-2H3. The van der Waals surface area contributed by atoms with E-state index in [1.54, 1.807) is 0 Å². The molecule has 0 radical (unpaired) electrons. The summed E-state index contributed by atoms with van der Waals surface area (Å²) in [6.07, 6.45) is 4.45. The highest BCUT2D eigenvalue weighted by Gasteiger charge is 2.27. The minimum absolute atomic E-state index is 0.185. The van der Waals surface area contributed by atoms with E-state index in [9.17, 15) is 0 Å². The molecule has 1 unspecified atom stereocenters. The van der Waals surface area contributed by atoms with Crippen molar-refractivity contribution in [2.75, 3.05) is 18.6 Å². The topological polar surface area (TPSA) is 26.0 Å². The second kappa shape index (κ2) is 6.19. The lowest BCUT2D eigenvalue weighted by atomic mass is 9.76. The first-order chi connectivity index (χ1) is 7.29. The van der Waals surface area contributed by atoms with Crippen LogP contribution in [0.25, 0.3) is 0 Å². The van der Waals surface area contributed by atoms with Crippen molar-refractivity contribution in [2.24, 2.45) is 5.73 Å². The Kier molecular flexibility index (Phi) is 5.20. The van der Waals surface area contributed by atoms with E-state index in [1.165, 1.54) is 17.7 Å². The molecule has 2 N–H and O–H groups in total. The minimum atomic E-state index is 0.185. The van der Waals surface area contributed by atoms with Crippen LogP contribution in [0.1, 0.15) is 25.3 Å². The molecule has 1 aromatic rings. The largest absolute Gasteiger partial charge is 0.330 e. The van der Waals surface area contributed by atoms with Crippen LogP contribution in [0.2, 0.25) is 0 Å². The minimum Gasteiger partial charge on any atom is -0.330 e. The number of hydrogen-bond donors (Lipinski definition) is 1. The SMILES string of the molecule is CCC(CN)(CCSC)c1ccccc1. The van der Waals surface area contributed by atoms with Crippen LogP contribution in [0, 0.1) is 0 Å². The van der Waals surface area contributed by atoms with Crippen molar-refractivity contribution in [3.05, 3.63) is 35.9 Å². The van der Waals surface area contributed by atoms with Gasteiger partial charge in [0, 0.05) is 12.0 Å². The van der Waals surface area contributed by atoms with Gasteiger partial charge >= 0.3 is 0 Å². The molecule has 0 spiro atoms. The van der Waals surface area contributed by atoms with Gasteiger partial charge in [0.1, 0.15) is 0 Å². The summed E-state index contributed by atoms with van der Waals surface area (Å²) in [5.74, 6) is 1.18. The third-order valence-corrected chi connectivity index (χ3v) is 3.85. The van der Waals surface area contributed by atoms with Gasteiger partial charge < -0.3 is 5.73 Å². The molecule has 0 aromatic heterocycles. The Morgan fingerprint density at radius 2 is 1.93 bits per heavy atom. The molecule has 1 aromatic carbocycles. The van der Waals surface area contributed by atoms with Gasteiger partial charge in [0.2, 0.25) is 0 Å². The molecule has 0 bridgehead atoms. The first-order valence-corrected chi connectivity index (χ1v) is 6.93. The fraction of sp³-hybridized carbons (Fsp3) is 0.538. The van der Waals surface area contributed by atoms with Crippen molar-refractivity contribution in [2.45, 2.75) is 25.2 Å². The summed E-state index contributed by atoms with van der Waals surface area (Å²) >= 11 is 1.90. The zero-order chi connectivity index (χ0) is 11.1. The molecule has 1 atom stereocenters. The predicted molar refractivity (Wildman–Crippen MR) is 70.5 cm³/mol. The quantitative estimate of drug-likeness (QED) is 0.802. The van der Waals surface area contributed by atoms with Crippen molar-refractivity contribution in [3.63, 3.8) is 0 Å². The Hall–Kier alpha value is -0.470. The highest BCUT2D eigenvalue weighted by molar-refractivity contribution is 7.98. The summed E-state index contributed by atoms with van der Waals surface area (Å²) in [5.41, 5.74) is 7.56. The molecule has 1 nitrogen and oxygen atoms in total. The van der Waals surface area contributed by atoms with E-state index < -0.39 is 0 Å². The average Bonchev–Trinajstić information content (AvgIpc) is 2.33. The molecule has 0 aliphatic rings. The van der Waals surface area contributed by atoms with E-state index in [4.69, 9.17) is 5.73 Å². The van der Waals surface area contributed by atoms with Gasteiger partial charge in [0.15, 0.2) is 0 Å². The highest BCUT2D eigenvalue weighted by atomic mass is 32.2. The summed E-state index contributed by atoms with van der Waals surface area (Å²) < 4.78 is 0. The predicted octanol–water partition coefficient (Wildman–Crippen LogP) is 3.05. The zero-order valence-electron chi connectivity index (χ0n) is 9.70. The van der Waals surface area contributed by atoms with Crippen LogP contribution in [0.4, 0.5) is 0 Å². The molecule has 0 fully saturated rings. The van der Waals surface area contributed by atoms with Crippen molar-refractivity contribution < 1.29 is 0 Å². The van der Waals surface area contributed by atoms with E-state index in [2.05, 4.69) is 43.5 Å². The zero-order valence-corrected chi connectivity index (χ0v) is 10.5. The van der Waals surface area contributed by atoms with Crippen LogP contribution in [-0.4, -0.2) is 18.6 Å². The smallest absolute Gasteiger partial charge is 0.00807 e. The third-order valence-electron chi connectivity index (χ3n) is 3.24. The van der Waals surface area contributed by atoms with E-state index >= 15 is 0 Å². The van der Waals surface area contributed by atoms with Gasteiger partial charge in [0.25, 0.3) is 0 Å². The molecular formula is C13H21NS. The molecule has 0 aliphatic heterocycles. The van der Waals surface area contributed by atoms with Crippen molar-refractivity contribution in [1.29, 1.82) is 0 Å². The van der Waals surface area contributed by atoms with Crippen LogP contribution in [-0.2, 0) is 5.41 Å². The van der Waals surface area contributed by atoms with E-state index in [0.29, 0.717) is 0 Å². The van der Waals surface area contributed by atoms with Crippen molar-refractivity contribution in [3.8, 4) is 0 Å². The first kappa shape index (κ1) is 12.6. The number of thioether (sulfide) groups is 1. The third kappa shape index (κ3) is 2.99. The molecule has 0 saturated heterocycles. The normalized spacial score (nSPS) is 14.9. The molecular weight excluding hydrogens is 202 g/mol. The number of hydrogen-bond acceptors (Lipinski definition) is 2. The molecule has 0 aliphatic carbocycles. The van der Waals surface area contributed by atoms with Gasteiger partial charge in [-0.1, -0.05) is 37.3 Å². The van der Waals surface area contributed by atoms with Gasteiger partial charge in [-0.2, -0.15) is 11.8 Å².